The maximum Gasteiger partial charge on any atom is 0.509 e. The van der Waals surface area contributed by atoms with Crippen LogP contribution in [0.2, 0.25) is 0 Å². The van der Waals surface area contributed by atoms with Gasteiger partial charge in [0.05, 0.1) is 0 Å². The molecular weight excluding hydrogens is 144 g/mol. The molecular formula is C8H10O3. The maximum atomic E-state index is 10.7. The molecule has 1 heterocycles. The molecule has 1 saturated heterocycles. The number of fused-ring (bicyclic) bond motifs is 5. The minimum Gasteiger partial charge on any atom is -0.427 e. The minimum absolute atomic E-state index is 0.112. The number of hydrogen-bond acceptors (Lipinski definition) is 3. The molecule has 4 atom stereocenters. The molecule has 3 nitrogen and oxygen atoms in total. The van der Waals surface area contributed by atoms with Gasteiger partial charge in [0.1, 0.15) is 12.2 Å². The first-order valence-electron chi connectivity index (χ1n) is 4.22. The van der Waals surface area contributed by atoms with Crippen LogP contribution >= 0.6 is 0 Å². The van der Waals surface area contributed by atoms with Crippen molar-refractivity contribution in [1.82, 2.24) is 0 Å². The molecule has 3 rings (SSSR count). The van der Waals surface area contributed by atoms with Crippen molar-refractivity contribution in [2.75, 3.05) is 0 Å². The zero-order valence-corrected chi connectivity index (χ0v) is 6.16. The Kier molecular flexibility index (Phi) is 0.910. The van der Waals surface area contributed by atoms with E-state index < -0.39 is 6.16 Å². The van der Waals surface area contributed by atoms with E-state index in [1.165, 1.54) is 19.3 Å². The van der Waals surface area contributed by atoms with E-state index >= 15 is 0 Å². The summed E-state index contributed by atoms with van der Waals surface area (Å²) in [5.41, 5.74) is 0. The Bertz CT molecular complexity index is 193. The van der Waals surface area contributed by atoms with E-state index in [-0.39, 0.29) is 12.2 Å². The van der Waals surface area contributed by atoms with Gasteiger partial charge in [-0.3, -0.25) is 0 Å². The average molecular weight is 154 g/mol. The lowest BCUT2D eigenvalue weighted by molar-refractivity contribution is 0.100. The second-order valence-electron chi connectivity index (χ2n) is 3.75. The van der Waals surface area contributed by atoms with Crippen LogP contribution < -0.4 is 0 Å². The van der Waals surface area contributed by atoms with Gasteiger partial charge in [0.15, 0.2) is 0 Å². The molecule has 0 spiro atoms. The lowest BCUT2D eigenvalue weighted by atomic mass is 9.95. The Morgan fingerprint density at radius 1 is 1.09 bits per heavy atom. The first-order chi connectivity index (χ1) is 5.34. The zero-order valence-electron chi connectivity index (χ0n) is 6.16. The van der Waals surface area contributed by atoms with Crippen molar-refractivity contribution in [3.8, 4) is 0 Å². The predicted molar refractivity (Wildman–Crippen MR) is 36.0 cm³/mol. The van der Waals surface area contributed by atoms with E-state index in [0.717, 1.165) is 0 Å². The molecule has 0 aromatic carbocycles. The molecule has 0 N–H and O–H groups in total. The van der Waals surface area contributed by atoms with Gasteiger partial charge in [0.2, 0.25) is 0 Å². The van der Waals surface area contributed by atoms with Crippen molar-refractivity contribution in [1.29, 1.82) is 0 Å². The standard InChI is InChI=1S/C8H10O3/c9-8-10-6-4-1-2-5(3-4)7(6)11-8/h4-7H,1-3H2/t4-,5+,6+,7-. The smallest absolute Gasteiger partial charge is 0.427 e. The second-order valence-corrected chi connectivity index (χ2v) is 3.75. The molecule has 0 amide bonds. The van der Waals surface area contributed by atoms with E-state index in [1.807, 2.05) is 0 Å². The summed E-state index contributed by atoms with van der Waals surface area (Å²) in [6.45, 7) is 0. The number of carbonyl (C=O) groups is 1. The van der Waals surface area contributed by atoms with E-state index in [4.69, 9.17) is 9.47 Å². The Morgan fingerprint density at radius 2 is 1.64 bits per heavy atom. The third kappa shape index (κ3) is 0.613. The summed E-state index contributed by atoms with van der Waals surface area (Å²) >= 11 is 0. The Morgan fingerprint density at radius 3 is 2.18 bits per heavy atom. The molecule has 1 aliphatic heterocycles. The highest BCUT2D eigenvalue weighted by Gasteiger charge is 2.55. The van der Waals surface area contributed by atoms with Crippen molar-refractivity contribution in [2.45, 2.75) is 31.5 Å². The molecule has 0 aromatic rings. The maximum absolute atomic E-state index is 10.7. The van der Waals surface area contributed by atoms with Crippen molar-refractivity contribution >= 4 is 6.16 Å². The highest BCUT2D eigenvalue weighted by Crippen LogP contribution is 2.49. The van der Waals surface area contributed by atoms with Crippen LogP contribution in [0.3, 0.4) is 0 Å². The summed E-state index contributed by atoms with van der Waals surface area (Å²) in [7, 11) is 0. The fourth-order valence-electron chi connectivity index (χ4n) is 2.76. The Labute approximate surface area is 64.7 Å². The molecule has 2 bridgehead atoms. The van der Waals surface area contributed by atoms with E-state index in [1.54, 1.807) is 0 Å². The molecule has 0 radical (unpaired) electrons. The highest BCUT2D eigenvalue weighted by atomic mass is 16.8. The molecule has 3 aliphatic rings. The van der Waals surface area contributed by atoms with Gasteiger partial charge in [-0.2, -0.15) is 0 Å². The summed E-state index contributed by atoms with van der Waals surface area (Å²) in [4.78, 5) is 10.7. The fourth-order valence-corrected chi connectivity index (χ4v) is 2.76. The summed E-state index contributed by atoms with van der Waals surface area (Å²) in [5, 5.41) is 0. The molecule has 2 saturated carbocycles. The first-order valence-corrected chi connectivity index (χ1v) is 4.22. The molecule has 60 valence electrons. The summed E-state index contributed by atoms with van der Waals surface area (Å²) in [6.07, 6.45) is 3.44. The van der Waals surface area contributed by atoms with Crippen LogP contribution in [0.1, 0.15) is 19.3 Å². The van der Waals surface area contributed by atoms with Crippen LogP contribution in [-0.4, -0.2) is 18.4 Å². The summed E-state index contributed by atoms with van der Waals surface area (Å²) in [6, 6.07) is 0. The lowest BCUT2D eigenvalue weighted by Gasteiger charge is -2.19. The highest BCUT2D eigenvalue weighted by molar-refractivity contribution is 5.63. The molecule has 11 heavy (non-hydrogen) atoms. The molecule has 0 unspecified atom stereocenters. The van der Waals surface area contributed by atoms with Gasteiger partial charge in [-0.05, 0) is 19.3 Å². The van der Waals surface area contributed by atoms with Gasteiger partial charge in [-0.15, -0.1) is 0 Å². The predicted octanol–water partition coefficient (Wildman–Crippen LogP) is 1.32. The number of carbonyl (C=O) groups excluding carboxylic acids is 1. The van der Waals surface area contributed by atoms with Crippen molar-refractivity contribution in [3.05, 3.63) is 0 Å². The zero-order chi connectivity index (χ0) is 7.42. The average Bonchev–Trinajstić information content (AvgIpc) is 2.53. The largest absolute Gasteiger partial charge is 0.509 e. The SMILES string of the molecule is O=C1O[C@@H]2[C@H]3CC[C@H](C3)[C@@H]2O1. The van der Waals surface area contributed by atoms with Gasteiger partial charge < -0.3 is 9.47 Å². The monoisotopic (exact) mass is 154 g/mol. The van der Waals surface area contributed by atoms with Crippen LogP contribution in [0.25, 0.3) is 0 Å². The Balaban J connectivity index is 1.92. The molecule has 3 fully saturated rings. The van der Waals surface area contributed by atoms with Crippen LogP contribution in [-0.2, 0) is 9.47 Å². The third-order valence-corrected chi connectivity index (χ3v) is 3.23. The molecule has 2 aliphatic carbocycles. The van der Waals surface area contributed by atoms with Crippen LogP contribution in [0.15, 0.2) is 0 Å². The van der Waals surface area contributed by atoms with E-state index in [2.05, 4.69) is 0 Å². The van der Waals surface area contributed by atoms with E-state index in [9.17, 15) is 4.79 Å². The number of hydrogen-bond donors (Lipinski definition) is 0. The quantitative estimate of drug-likeness (QED) is 0.493. The van der Waals surface area contributed by atoms with Crippen LogP contribution in [0.5, 0.6) is 0 Å². The van der Waals surface area contributed by atoms with Crippen molar-refractivity contribution in [3.63, 3.8) is 0 Å². The van der Waals surface area contributed by atoms with Crippen molar-refractivity contribution < 1.29 is 14.3 Å². The lowest BCUT2D eigenvalue weighted by Crippen LogP contribution is -2.28. The van der Waals surface area contributed by atoms with Gasteiger partial charge in [0.25, 0.3) is 0 Å². The van der Waals surface area contributed by atoms with Gasteiger partial charge >= 0.3 is 6.16 Å². The van der Waals surface area contributed by atoms with E-state index in [0.29, 0.717) is 11.8 Å². The third-order valence-electron chi connectivity index (χ3n) is 3.23. The molecule has 0 aromatic heterocycles. The Hall–Kier alpha value is -0.730. The summed E-state index contributed by atoms with van der Waals surface area (Å²) in [5.74, 6) is 1.22. The topological polar surface area (TPSA) is 35.5 Å². The van der Waals surface area contributed by atoms with Crippen LogP contribution in [0.4, 0.5) is 4.79 Å². The first kappa shape index (κ1) is 5.86. The van der Waals surface area contributed by atoms with Gasteiger partial charge in [-0.1, -0.05) is 0 Å². The van der Waals surface area contributed by atoms with Gasteiger partial charge in [0, 0.05) is 11.8 Å². The van der Waals surface area contributed by atoms with Crippen molar-refractivity contribution in [2.24, 2.45) is 11.8 Å². The minimum atomic E-state index is -0.448. The normalized spacial score (nSPS) is 52.2. The second kappa shape index (κ2) is 1.71. The van der Waals surface area contributed by atoms with Crippen LogP contribution in [0, 0.1) is 11.8 Å². The number of ether oxygens (including phenoxy) is 2. The van der Waals surface area contributed by atoms with Gasteiger partial charge in [-0.25, -0.2) is 4.79 Å². The fraction of sp³-hybridized carbons (Fsp3) is 0.875. The summed E-state index contributed by atoms with van der Waals surface area (Å²) < 4.78 is 10.1. The number of rotatable bonds is 0. The molecule has 3 heteroatoms.